The molecule has 0 aromatic carbocycles. The lowest BCUT2D eigenvalue weighted by molar-refractivity contribution is 0.479. The van der Waals surface area contributed by atoms with Crippen molar-refractivity contribution in [1.82, 2.24) is 0 Å². The van der Waals surface area contributed by atoms with Crippen LogP contribution in [0, 0.1) is 0 Å². The topological polar surface area (TPSA) is 9.23 Å². The second kappa shape index (κ2) is 4.77. The minimum Gasteiger partial charge on any atom is -0.550 e. The maximum Gasteiger partial charge on any atom is 0.241 e. The molecule has 0 bridgehead atoms. The first-order chi connectivity index (χ1) is 4.95. The molecule has 64 valence electrons. The van der Waals surface area contributed by atoms with E-state index in [4.69, 9.17) is 4.43 Å². The van der Waals surface area contributed by atoms with E-state index in [1.54, 1.807) is 6.26 Å². The monoisotopic (exact) mass is 234 g/mol. The third-order valence-electron chi connectivity index (χ3n) is 0.925. The molecular formula is C8H15BrOSi. The van der Waals surface area contributed by atoms with E-state index >= 15 is 0 Å². The van der Waals surface area contributed by atoms with Crippen molar-refractivity contribution in [3.63, 3.8) is 0 Å². The second-order valence-corrected chi connectivity index (χ2v) is 8.30. The van der Waals surface area contributed by atoms with E-state index in [2.05, 4.69) is 35.6 Å². The summed E-state index contributed by atoms with van der Waals surface area (Å²) in [7, 11) is -1.37. The fourth-order valence-electron chi connectivity index (χ4n) is 0.382. The van der Waals surface area contributed by atoms with Gasteiger partial charge in [0.15, 0.2) is 0 Å². The summed E-state index contributed by atoms with van der Waals surface area (Å²) in [6.07, 6.45) is 3.73. The molecule has 0 aliphatic heterocycles. The van der Waals surface area contributed by atoms with Crippen LogP contribution in [0.2, 0.25) is 19.6 Å². The Kier molecular flexibility index (Phi) is 4.76. The SMILES string of the molecule is CC(C=CO[Si](C)(C)C)=CBr. The molecule has 11 heavy (non-hydrogen) atoms. The van der Waals surface area contributed by atoms with E-state index in [1.165, 1.54) is 0 Å². The van der Waals surface area contributed by atoms with Gasteiger partial charge in [-0.2, -0.15) is 0 Å². The largest absolute Gasteiger partial charge is 0.550 e. The molecular weight excluding hydrogens is 220 g/mol. The highest BCUT2D eigenvalue weighted by Gasteiger charge is 2.12. The van der Waals surface area contributed by atoms with Crippen molar-refractivity contribution in [1.29, 1.82) is 0 Å². The summed E-state index contributed by atoms with van der Waals surface area (Å²) < 4.78 is 5.50. The molecule has 0 heterocycles. The van der Waals surface area contributed by atoms with Gasteiger partial charge in [-0.05, 0) is 43.2 Å². The van der Waals surface area contributed by atoms with Crippen LogP contribution in [0.1, 0.15) is 6.92 Å². The molecule has 0 fully saturated rings. The average Bonchev–Trinajstić information content (AvgIpc) is 1.85. The fourth-order valence-corrected chi connectivity index (χ4v) is 1.01. The molecule has 0 saturated heterocycles. The summed E-state index contributed by atoms with van der Waals surface area (Å²) in [4.78, 5) is 1.87. The van der Waals surface area contributed by atoms with E-state index in [0.717, 1.165) is 5.57 Å². The van der Waals surface area contributed by atoms with Crippen LogP contribution in [0.15, 0.2) is 22.9 Å². The quantitative estimate of drug-likeness (QED) is 0.412. The third kappa shape index (κ3) is 7.88. The van der Waals surface area contributed by atoms with Crippen molar-refractivity contribution < 1.29 is 4.43 Å². The maximum absolute atomic E-state index is 5.50. The molecule has 0 rings (SSSR count). The lowest BCUT2D eigenvalue weighted by Gasteiger charge is -2.14. The summed E-state index contributed by atoms with van der Waals surface area (Å²) in [5.74, 6) is 0. The summed E-state index contributed by atoms with van der Waals surface area (Å²) >= 11 is 3.24. The highest BCUT2D eigenvalue weighted by atomic mass is 79.9. The van der Waals surface area contributed by atoms with Crippen molar-refractivity contribution >= 4 is 24.2 Å². The highest BCUT2D eigenvalue weighted by Crippen LogP contribution is 2.05. The van der Waals surface area contributed by atoms with Crippen LogP contribution in [0.3, 0.4) is 0 Å². The molecule has 0 saturated carbocycles. The Labute approximate surface area is 78.4 Å². The second-order valence-electron chi connectivity index (χ2n) is 3.39. The van der Waals surface area contributed by atoms with Gasteiger partial charge in [-0.3, -0.25) is 0 Å². The first-order valence-electron chi connectivity index (χ1n) is 3.57. The molecule has 0 N–H and O–H groups in total. The average molecular weight is 235 g/mol. The van der Waals surface area contributed by atoms with E-state index in [1.807, 2.05) is 18.0 Å². The van der Waals surface area contributed by atoms with Gasteiger partial charge in [0.2, 0.25) is 8.32 Å². The molecule has 0 aliphatic rings. The van der Waals surface area contributed by atoms with E-state index < -0.39 is 8.32 Å². The smallest absolute Gasteiger partial charge is 0.241 e. The number of hydrogen-bond donors (Lipinski definition) is 0. The third-order valence-corrected chi connectivity index (χ3v) is 2.49. The zero-order valence-electron chi connectivity index (χ0n) is 7.52. The van der Waals surface area contributed by atoms with Gasteiger partial charge in [0.1, 0.15) is 0 Å². The Morgan fingerprint density at radius 1 is 1.36 bits per heavy atom. The van der Waals surface area contributed by atoms with Crippen molar-refractivity contribution in [3.8, 4) is 0 Å². The summed E-state index contributed by atoms with van der Waals surface area (Å²) in [6.45, 7) is 8.48. The Morgan fingerprint density at radius 2 is 1.91 bits per heavy atom. The first kappa shape index (κ1) is 11.0. The Balaban J connectivity index is 3.79. The van der Waals surface area contributed by atoms with Crippen LogP contribution >= 0.6 is 15.9 Å². The number of halogens is 1. The van der Waals surface area contributed by atoms with Crippen LogP contribution in [0.25, 0.3) is 0 Å². The normalized spacial score (nSPS) is 14.1. The maximum atomic E-state index is 5.50. The molecule has 0 radical (unpaired) electrons. The van der Waals surface area contributed by atoms with Crippen molar-refractivity contribution in [3.05, 3.63) is 22.9 Å². The highest BCUT2D eigenvalue weighted by molar-refractivity contribution is 9.11. The van der Waals surface area contributed by atoms with Gasteiger partial charge in [-0.15, -0.1) is 0 Å². The van der Waals surface area contributed by atoms with Gasteiger partial charge in [-0.1, -0.05) is 15.9 Å². The van der Waals surface area contributed by atoms with Gasteiger partial charge in [-0.25, -0.2) is 0 Å². The molecule has 0 aromatic rings. The summed E-state index contributed by atoms with van der Waals surface area (Å²) in [6, 6.07) is 0. The number of allylic oxidation sites excluding steroid dienone is 2. The lowest BCUT2D eigenvalue weighted by atomic mass is 10.4. The minimum atomic E-state index is -1.37. The van der Waals surface area contributed by atoms with Crippen LogP contribution in [0.5, 0.6) is 0 Å². The Bertz CT molecular complexity index is 167. The van der Waals surface area contributed by atoms with Gasteiger partial charge in [0.25, 0.3) is 0 Å². The fraction of sp³-hybridized carbons (Fsp3) is 0.500. The summed E-state index contributed by atoms with van der Waals surface area (Å²) in [5, 5.41) is 0. The van der Waals surface area contributed by atoms with Gasteiger partial charge in [0.05, 0.1) is 6.26 Å². The zero-order valence-corrected chi connectivity index (χ0v) is 10.1. The Hall–Kier alpha value is -0.0231. The van der Waals surface area contributed by atoms with Crippen LogP contribution in [-0.2, 0) is 4.43 Å². The molecule has 0 aromatic heterocycles. The number of hydrogen-bond acceptors (Lipinski definition) is 1. The molecule has 0 unspecified atom stereocenters. The van der Waals surface area contributed by atoms with Crippen molar-refractivity contribution in [2.75, 3.05) is 0 Å². The molecule has 0 amide bonds. The zero-order chi connectivity index (χ0) is 8.91. The molecule has 0 aliphatic carbocycles. The van der Waals surface area contributed by atoms with Crippen LogP contribution < -0.4 is 0 Å². The molecule has 1 nitrogen and oxygen atoms in total. The van der Waals surface area contributed by atoms with Crippen LogP contribution in [-0.4, -0.2) is 8.32 Å². The van der Waals surface area contributed by atoms with Gasteiger partial charge < -0.3 is 4.43 Å². The predicted molar refractivity (Wildman–Crippen MR) is 56.3 cm³/mol. The molecule has 0 spiro atoms. The minimum absolute atomic E-state index is 1.16. The Morgan fingerprint density at radius 3 is 2.27 bits per heavy atom. The molecule has 3 heteroatoms. The van der Waals surface area contributed by atoms with Crippen molar-refractivity contribution in [2.24, 2.45) is 0 Å². The van der Waals surface area contributed by atoms with E-state index in [9.17, 15) is 0 Å². The van der Waals surface area contributed by atoms with Crippen LogP contribution in [0.4, 0.5) is 0 Å². The standard InChI is InChI=1S/C8H15BrOSi/c1-8(7-9)5-6-10-11(2,3)4/h5-7H,1-4H3. The first-order valence-corrected chi connectivity index (χ1v) is 7.89. The van der Waals surface area contributed by atoms with Crippen molar-refractivity contribution in [2.45, 2.75) is 26.6 Å². The number of rotatable bonds is 3. The summed E-state index contributed by atoms with van der Waals surface area (Å²) in [5.41, 5.74) is 1.16. The van der Waals surface area contributed by atoms with E-state index in [-0.39, 0.29) is 0 Å². The van der Waals surface area contributed by atoms with Gasteiger partial charge >= 0.3 is 0 Å². The molecule has 0 atom stereocenters. The lowest BCUT2D eigenvalue weighted by Crippen LogP contribution is -2.21. The predicted octanol–water partition coefficient (Wildman–Crippen LogP) is 3.65. The van der Waals surface area contributed by atoms with E-state index in [0.29, 0.717) is 0 Å². The van der Waals surface area contributed by atoms with Gasteiger partial charge in [0, 0.05) is 0 Å².